The van der Waals surface area contributed by atoms with Crippen LogP contribution in [0.4, 0.5) is 0 Å². The second-order valence-electron chi connectivity index (χ2n) is 4.83. The summed E-state index contributed by atoms with van der Waals surface area (Å²) in [6.45, 7) is 4.68. The lowest BCUT2D eigenvalue weighted by Crippen LogP contribution is -2.58. The molecule has 0 aromatic heterocycles. The maximum Gasteiger partial charge on any atom is 0.207 e. The molecule has 2 bridgehead atoms. The van der Waals surface area contributed by atoms with Crippen LogP contribution >= 0.6 is 0 Å². The number of carbonyl (C=O) groups is 1. The fourth-order valence-corrected chi connectivity index (χ4v) is 3.10. The fraction of sp³-hybridized carbons (Fsp3) is 0.900. The molecule has 3 fully saturated rings. The highest BCUT2D eigenvalue weighted by atomic mass is 16.1. The summed E-state index contributed by atoms with van der Waals surface area (Å²) in [6.07, 6.45) is 4.68. The molecule has 3 aliphatic rings. The van der Waals surface area contributed by atoms with Crippen molar-refractivity contribution < 1.29 is 4.79 Å². The molecular formula is C10H17NO. The molecule has 2 heteroatoms. The largest absolute Gasteiger partial charge is 0.356 e. The molecular weight excluding hydrogens is 150 g/mol. The summed E-state index contributed by atoms with van der Waals surface area (Å²) in [4.78, 5) is 10.3. The lowest BCUT2D eigenvalue weighted by molar-refractivity contribution is -0.118. The zero-order valence-electron chi connectivity index (χ0n) is 7.84. The molecule has 3 unspecified atom stereocenters. The second-order valence-corrected chi connectivity index (χ2v) is 4.83. The van der Waals surface area contributed by atoms with Crippen LogP contribution in [-0.2, 0) is 4.79 Å². The highest BCUT2D eigenvalue weighted by Crippen LogP contribution is 2.58. The molecule has 0 saturated heterocycles. The van der Waals surface area contributed by atoms with E-state index in [1.165, 1.54) is 19.3 Å². The standard InChI is InChI=1S/C10H17NO/c1-10(2)7-3-4-9(11-6-12)8(10)5-7/h6-9H,3-5H2,1-2H3,(H,11,12). The minimum Gasteiger partial charge on any atom is -0.356 e. The van der Waals surface area contributed by atoms with Crippen LogP contribution in [0.2, 0.25) is 0 Å². The van der Waals surface area contributed by atoms with Crippen LogP contribution in [0.3, 0.4) is 0 Å². The number of hydrogen-bond donors (Lipinski definition) is 1. The van der Waals surface area contributed by atoms with Gasteiger partial charge >= 0.3 is 0 Å². The Morgan fingerprint density at radius 2 is 2.17 bits per heavy atom. The normalized spacial score (nSPS) is 43.0. The van der Waals surface area contributed by atoms with Crippen LogP contribution in [-0.4, -0.2) is 12.5 Å². The Labute approximate surface area is 73.7 Å². The van der Waals surface area contributed by atoms with Gasteiger partial charge in [-0.25, -0.2) is 0 Å². The van der Waals surface area contributed by atoms with E-state index in [0.29, 0.717) is 11.5 Å². The predicted molar refractivity (Wildman–Crippen MR) is 47.6 cm³/mol. The third kappa shape index (κ3) is 0.900. The van der Waals surface area contributed by atoms with Crippen LogP contribution in [0.5, 0.6) is 0 Å². The Morgan fingerprint density at radius 3 is 2.67 bits per heavy atom. The van der Waals surface area contributed by atoms with E-state index in [1.807, 2.05) is 0 Å². The third-order valence-corrected chi connectivity index (χ3v) is 4.14. The fourth-order valence-electron chi connectivity index (χ4n) is 3.10. The lowest BCUT2D eigenvalue weighted by atomic mass is 9.47. The molecule has 1 amide bonds. The molecule has 3 rings (SSSR count). The average Bonchev–Trinajstić information content (AvgIpc) is 2.05. The summed E-state index contributed by atoms with van der Waals surface area (Å²) in [5.74, 6) is 1.66. The first-order chi connectivity index (χ1) is 5.66. The van der Waals surface area contributed by atoms with Gasteiger partial charge in [-0.2, -0.15) is 0 Å². The Morgan fingerprint density at radius 1 is 1.42 bits per heavy atom. The lowest BCUT2D eigenvalue weighted by Gasteiger charge is -2.59. The molecule has 12 heavy (non-hydrogen) atoms. The predicted octanol–water partition coefficient (Wildman–Crippen LogP) is 1.56. The minimum absolute atomic E-state index is 0.461. The molecule has 0 radical (unpaired) electrons. The van der Waals surface area contributed by atoms with Crippen molar-refractivity contribution in [1.82, 2.24) is 5.32 Å². The highest BCUT2D eigenvalue weighted by molar-refractivity contribution is 5.47. The summed E-state index contributed by atoms with van der Waals surface area (Å²) >= 11 is 0. The van der Waals surface area contributed by atoms with Gasteiger partial charge in [0.15, 0.2) is 0 Å². The van der Waals surface area contributed by atoms with Gasteiger partial charge in [0.25, 0.3) is 0 Å². The van der Waals surface area contributed by atoms with Gasteiger partial charge in [-0.1, -0.05) is 13.8 Å². The van der Waals surface area contributed by atoms with Crippen molar-refractivity contribution in [3.8, 4) is 0 Å². The van der Waals surface area contributed by atoms with Crippen molar-refractivity contribution in [2.45, 2.75) is 39.2 Å². The minimum atomic E-state index is 0.461. The average molecular weight is 167 g/mol. The molecule has 0 aromatic rings. The first-order valence-corrected chi connectivity index (χ1v) is 4.86. The van der Waals surface area contributed by atoms with Crippen LogP contribution in [0.25, 0.3) is 0 Å². The highest BCUT2D eigenvalue weighted by Gasteiger charge is 2.54. The molecule has 0 aliphatic heterocycles. The molecule has 0 heterocycles. The van der Waals surface area contributed by atoms with Gasteiger partial charge < -0.3 is 5.32 Å². The molecule has 1 N–H and O–H groups in total. The van der Waals surface area contributed by atoms with Gasteiger partial charge in [0.2, 0.25) is 6.41 Å². The maximum atomic E-state index is 10.3. The molecule has 68 valence electrons. The smallest absolute Gasteiger partial charge is 0.207 e. The van der Waals surface area contributed by atoms with Gasteiger partial charge in [0.1, 0.15) is 0 Å². The zero-order chi connectivity index (χ0) is 8.77. The molecule has 0 aromatic carbocycles. The summed E-state index contributed by atoms with van der Waals surface area (Å²) < 4.78 is 0. The summed E-state index contributed by atoms with van der Waals surface area (Å²) in [5.41, 5.74) is 0.485. The van der Waals surface area contributed by atoms with Gasteiger partial charge in [-0.15, -0.1) is 0 Å². The number of nitrogens with one attached hydrogen (secondary N) is 1. The Kier molecular flexibility index (Phi) is 1.67. The van der Waals surface area contributed by atoms with E-state index in [1.54, 1.807) is 0 Å². The van der Waals surface area contributed by atoms with Crippen molar-refractivity contribution in [2.24, 2.45) is 17.3 Å². The van der Waals surface area contributed by atoms with Crippen molar-refractivity contribution in [3.63, 3.8) is 0 Å². The first-order valence-electron chi connectivity index (χ1n) is 4.86. The number of amides is 1. The quantitative estimate of drug-likeness (QED) is 0.621. The zero-order valence-corrected chi connectivity index (χ0v) is 7.84. The van der Waals surface area contributed by atoms with E-state index in [9.17, 15) is 4.79 Å². The number of rotatable bonds is 2. The van der Waals surface area contributed by atoms with Crippen molar-refractivity contribution in [2.75, 3.05) is 0 Å². The topological polar surface area (TPSA) is 29.1 Å². The van der Waals surface area contributed by atoms with E-state index in [4.69, 9.17) is 0 Å². The number of fused-ring (bicyclic) bond motifs is 2. The van der Waals surface area contributed by atoms with Crippen LogP contribution < -0.4 is 5.32 Å². The van der Waals surface area contributed by atoms with Crippen molar-refractivity contribution >= 4 is 6.41 Å². The maximum absolute atomic E-state index is 10.3. The van der Waals surface area contributed by atoms with Gasteiger partial charge in [0.05, 0.1) is 0 Å². The van der Waals surface area contributed by atoms with Crippen LogP contribution in [0.1, 0.15) is 33.1 Å². The third-order valence-electron chi connectivity index (χ3n) is 4.14. The van der Waals surface area contributed by atoms with Crippen LogP contribution in [0, 0.1) is 17.3 Å². The molecule has 3 saturated carbocycles. The van der Waals surface area contributed by atoms with E-state index >= 15 is 0 Å². The van der Waals surface area contributed by atoms with Gasteiger partial charge in [0, 0.05) is 6.04 Å². The van der Waals surface area contributed by atoms with E-state index in [2.05, 4.69) is 19.2 Å². The van der Waals surface area contributed by atoms with E-state index in [-0.39, 0.29) is 0 Å². The van der Waals surface area contributed by atoms with Crippen molar-refractivity contribution in [1.29, 1.82) is 0 Å². The monoisotopic (exact) mass is 167 g/mol. The number of carbonyl (C=O) groups excluding carboxylic acids is 1. The van der Waals surface area contributed by atoms with E-state index in [0.717, 1.165) is 18.2 Å². The number of hydrogen-bond acceptors (Lipinski definition) is 1. The van der Waals surface area contributed by atoms with Gasteiger partial charge in [-0.05, 0) is 36.5 Å². The first kappa shape index (κ1) is 8.09. The summed E-state index contributed by atoms with van der Waals surface area (Å²) in [7, 11) is 0. The molecule has 3 atom stereocenters. The Hall–Kier alpha value is -0.530. The SMILES string of the molecule is CC1(C)C2CCC(NC=O)C1C2. The second kappa shape index (κ2) is 2.48. The van der Waals surface area contributed by atoms with E-state index < -0.39 is 0 Å². The Balaban J connectivity index is 2.05. The molecule has 0 spiro atoms. The molecule has 3 aliphatic carbocycles. The Bertz CT molecular complexity index is 198. The summed E-state index contributed by atoms with van der Waals surface area (Å²) in [5, 5.41) is 2.95. The van der Waals surface area contributed by atoms with Crippen molar-refractivity contribution in [3.05, 3.63) is 0 Å². The summed E-state index contributed by atoms with van der Waals surface area (Å²) in [6, 6.07) is 0.461. The molecule has 2 nitrogen and oxygen atoms in total. The van der Waals surface area contributed by atoms with Crippen LogP contribution in [0.15, 0.2) is 0 Å². The van der Waals surface area contributed by atoms with Gasteiger partial charge in [-0.3, -0.25) is 4.79 Å².